The summed E-state index contributed by atoms with van der Waals surface area (Å²) in [6.45, 7) is 6.04. The fourth-order valence-corrected chi connectivity index (χ4v) is 5.23. The van der Waals surface area contributed by atoms with Gasteiger partial charge in [-0.1, -0.05) is 36.9 Å². The molecule has 0 radical (unpaired) electrons. The number of aromatic nitrogens is 1. The highest BCUT2D eigenvalue weighted by Gasteiger charge is 2.31. The number of methoxy groups -OCH3 is 1. The smallest absolute Gasteiger partial charge is 0.303 e. The van der Waals surface area contributed by atoms with E-state index in [4.69, 9.17) is 4.74 Å². The fraction of sp³-hybridized carbons (Fsp3) is 0.379. The van der Waals surface area contributed by atoms with Gasteiger partial charge < -0.3 is 14.7 Å². The van der Waals surface area contributed by atoms with Crippen molar-refractivity contribution in [3.05, 3.63) is 84.2 Å². The maximum atomic E-state index is 11.6. The van der Waals surface area contributed by atoms with Crippen molar-refractivity contribution in [3.8, 4) is 5.75 Å². The van der Waals surface area contributed by atoms with Gasteiger partial charge in [-0.2, -0.15) is 0 Å². The predicted octanol–water partition coefficient (Wildman–Crippen LogP) is 5.74. The average molecular weight is 459 g/mol. The number of carboxylic acid groups (broad SMARTS) is 1. The number of likely N-dealkylation sites (tertiary alicyclic amines) is 1. The SMILES string of the molecule is C=C(Cc1ccccc1)N1CC[C@@H](CCCc2ccnc3ccc(OC)cc23)[C@@H](CC(=O)O)C1. The first-order valence-electron chi connectivity index (χ1n) is 12.1. The van der Waals surface area contributed by atoms with Crippen molar-refractivity contribution in [2.75, 3.05) is 20.2 Å². The summed E-state index contributed by atoms with van der Waals surface area (Å²) in [6, 6.07) is 18.4. The average Bonchev–Trinajstić information content (AvgIpc) is 2.85. The number of aliphatic carboxylic acids is 1. The molecule has 0 spiro atoms. The summed E-state index contributed by atoms with van der Waals surface area (Å²) in [7, 11) is 1.68. The molecule has 1 fully saturated rings. The lowest BCUT2D eigenvalue weighted by Crippen LogP contribution is -2.41. The highest BCUT2D eigenvalue weighted by atomic mass is 16.5. The Bertz CT molecular complexity index is 1130. The van der Waals surface area contributed by atoms with Gasteiger partial charge in [0.15, 0.2) is 0 Å². The summed E-state index contributed by atoms with van der Waals surface area (Å²) in [6.07, 6.45) is 6.92. The number of fused-ring (bicyclic) bond motifs is 1. The standard InChI is InChI=1S/C29H34N2O3/c1-21(17-22-7-4-3-5-8-22)31-16-14-23(25(20-31)18-29(32)33)9-6-10-24-13-15-30-28-12-11-26(34-2)19-27(24)28/h3-5,7-8,11-13,15,19,23,25H,1,6,9-10,14,16-18,20H2,2H3,(H,32,33)/t23-,25+/m1/s1. The topological polar surface area (TPSA) is 62.7 Å². The Labute approximate surface area is 202 Å². The largest absolute Gasteiger partial charge is 0.497 e. The summed E-state index contributed by atoms with van der Waals surface area (Å²) >= 11 is 0. The molecular weight excluding hydrogens is 424 g/mol. The van der Waals surface area contributed by atoms with E-state index in [9.17, 15) is 9.90 Å². The molecule has 4 rings (SSSR count). The van der Waals surface area contributed by atoms with Gasteiger partial charge in [-0.3, -0.25) is 9.78 Å². The lowest BCUT2D eigenvalue weighted by atomic mass is 9.79. The van der Waals surface area contributed by atoms with Crippen molar-refractivity contribution in [2.45, 2.75) is 38.5 Å². The molecule has 1 aliphatic heterocycles. The van der Waals surface area contributed by atoms with E-state index < -0.39 is 5.97 Å². The van der Waals surface area contributed by atoms with Gasteiger partial charge in [-0.05, 0) is 72.9 Å². The number of hydrogen-bond donors (Lipinski definition) is 1. The van der Waals surface area contributed by atoms with Crippen molar-refractivity contribution in [1.82, 2.24) is 9.88 Å². The molecule has 2 atom stereocenters. The zero-order valence-electron chi connectivity index (χ0n) is 20.0. The maximum Gasteiger partial charge on any atom is 0.303 e. The van der Waals surface area contributed by atoms with Gasteiger partial charge in [0.1, 0.15) is 5.75 Å². The summed E-state index contributed by atoms with van der Waals surface area (Å²) in [4.78, 5) is 18.4. The first-order valence-corrected chi connectivity index (χ1v) is 12.1. The van der Waals surface area contributed by atoms with E-state index in [0.29, 0.717) is 5.92 Å². The normalized spacial score (nSPS) is 18.1. The summed E-state index contributed by atoms with van der Waals surface area (Å²) in [5, 5.41) is 10.7. The van der Waals surface area contributed by atoms with E-state index in [2.05, 4.69) is 40.7 Å². The first kappa shape index (κ1) is 23.8. The highest BCUT2D eigenvalue weighted by molar-refractivity contribution is 5.83. The van der Waals surface area contributed by atoms with Crippen molar-refractivity contribution in [2.24, 2.45) is 11.8 Å². The summed E-state index contributed by atoms with van der Waals surface area (Å²) in [5.41, 5.74) is 4.57. The minimum absolute atomic E-state index is 0.146. The van der Waals surface area contributed by atoms with Crippen LogP contribution >= 0.6 is 0 Å². The number of benzene rings is 2. The molecule has 0 aliphatic carbocycles. The van der Waals surface area contributed by atoms with Crippen LogP contribution in [0.5, 0.6) is 5.75 Å². The van der Waals surface area contributed by atoms with E-state index in [-0.39, 0.29) is 12.3 Å². The van der Waals surface area contributed by atoms with Crippen molar-refractivity contribution >= 4 is 16.9 Å². The lowest BCUT2D eigenvalue weighted by molar-refractivity contribution is -0.139. The van der Waals surface area contributed by atoms with E-state index in [1.807, 2.05) is 36.5 Å². The molecule has 5 heteroatoms. The Balaban J connectivity index is 1.37. The van der Waals surface area contributed by atoms with Crippen LogP contribution in [0.4, 0.5) is 0 Å². The molecule has 1 N–H and O–H groups in total. The molecular formula is C29H34N2O3. The first-order chi connectivity index (χ1) is 16.5. The molecule has 5 nitrogen and oxygen atoms in total. The molecule has 178 valence electrons. The van der Waals surface area contributed by atoms with Crippen LogP contribution in [-0.4, -0.2) is 41.2 Å². The van der Waals surface area contributed by atoms with Crippen molar-refractivity contribution < 1.29 is 14.6 Å². The Morgan fingerprint density at radius 2 is 2.00 bits per heavy atom. The number of allylic oxidation sites excluding steroid dienone is 1. The number of carbonyl (C=O) groups is 1. The highest BCUT2D eigenvalue weighted by Crippen LogP contribution is 2.33. The van der Waals surface area contributed by atoms with Crippen molar-refractivity contribution in [1.29, 1.82) is 0 Å². The zero-order valence-corrected chi connectivity index (χ0v) is 20.0. The number of pyridine rings is 1. The fourth-order valence-electron chi connectivity index (χ4n) is 5.23. The minimum atomic E-state index is -0.710. The third-order valence-electron chi connectivity index (χ3n) is 7.09. The number of nitrogens with zero attached hydrogens (tertiary/aromatic N) is 2. The Morgan fingerprint density at radius 3 is 2.76 bits per heavy atom. The van der Waals surface area contributed by atoms with Crippen LogP contribution in [0.15, 0.2) is 73.1 Å². The van der Waals surface area contributed by atoms with Crippen molar-refractivity contribution in [3.63, 3.8) is 0 Å². The minimum Gasteiger partial charge on any atom is -0.497 e. The van der Waals surface area contributed by atoms with Crippen LogP contribution in [0.2, 0.25) is 0 Å². The number of ether oxygens (including phenoxy) is 1. The molecule has 0 saturated carbocycles. The van der Waals surface area contributed by atoms with Gasteiger partial charge in [-0.25, -0.2) is 0 Å². The van der Waals surface area contributed by atoms with Crippen LogP contribution in [0, 0.1) is 11.8 Å². The third-order valence-corrected chi connectivity index (χ3v) is 7.09. The van der Waals surface area contributed by atoms with Crippen LogP contribution in [-0.2, 0) is 17.6 Å². The summed E-state index contributed by atoms with van der Waals surface area (Å²) < 4.78 is 5.40. The molecule has 2 heterocycles. The van der Waals surface area contributed by atoms with Gasteiger partial charge in [-0.15, -0.1) is 0 Å². The quantitative estimate of drug-likeness (QED) is 0.420. The molecule has 2 aromatic carbocycles. The zero-order chi connectivity index (χ0) is 23.9. The lowest BCUT2D eigenvalue weighted by Gasteiger charge is -2.40. The van der Waals surface area contributed by atoms with Gasteiger partial charge in [0.05, 0.1) is 19.0 Å². The Kier molecular flexibility index (Phi) is 7.84. The van der Waals surface area contributed by atoms with Crippen LogP contribution in [0.25, 0.3) is 10.9 Å². The number of carboxylic acids is 1. The van der Waals surface area contributed by atoms with Gasteiger partial charge in [0.25, 0.3) is 0 Å². The molecule has 0 amide bonds. The Hall–Kier alpha value is -3.34. The Morgan fingerprint density at radius 1 is 1.18 bits per heavy atom. The van der Waals surface area contributed by atoms with E-state index >= 15 is 0 Å². The second-order valence-electron chi connectivity index (χ2n) is 9.33. The number of rotatable bonds is 10. The second kappa shape index (κ2) is 11.2. The molecule has 1 aromatic heterocycles. The van der Waals surface area contributed by atoms with Gasteiger partial charge in [0, 0.05) is 36.8 Å². The molecule has 3 aromatic rings. The molecule has 0 unspecified atom stereocenters. The summed E-state index contributed by atoms with van der Waals surface area (Å²) in [5.74, 6) is 0.691. The number of aryl methyl sites for hydroxylation is 1. The molecule has 0 bridgehead atoms. The molecule has 34 heavy (non-hydrogen) atoms. The van der Waals surface area contributed by atoms with E-state index in [0.717, 1.165) is 67.5 Å². The molecule has 1 aliphatic rings. The number of hydrogen-bond acceptors (Lipinski definition) is 4. The predicted molar refractivity (Wildman–Crippen MR) is 136 cm³/mol. The third kappa shape index (κ3) is 5.96. The second-order valence-corrected chi connectivity index (χ2v) is 9.33. The molecule has 1 saturated heterocycles. The van der Waals surface area contributed by atoms with Crippen LogP contribution < -0.4 is 4.74 Å². The van der Waals surface area contributed by atoms with Gasteiger partial charge >= 0.3 is 5.97 Å². The van der Waals surface area contributed by atoms with Crippen LogP contribution in [0.1, 0.15) is 36.8 Å². The number of piperidine rings is 1. The maximum absolute atomic E-state index is 11.6. The van der Waals surface area contributed by atoms with E-state index in [1.165, 1.54) is 11.1 Å². The van der Waals surface area contributed by atoms with Crippen LogP contribution in [0.3, 0.4) is 0 Å². The van der Waals surface area contributed by atoms with E-state index in [1.54, 1.807) is 7.11 Å². The van der Waals surface area contributed by atoms with Gasteiger partial charge in [0.2, 0.25) is 0 Å². The monoisotopic (exact) mass is 458 g/mol.